The molecule has 3 heteroatoms. The van der Waals surface area contributed by atoms with Crippen LogP contribution >= 0.6 is 11.3 Å². The van der Waals surface area contributed by atoms with Crippen molar-refractivity contribution in [2.45, 2.75) is 38.3 Å². The van der Waals surface area contributed by atoms with E-state index < -0.39 is 0 Å². The molecule has 1 fully saturated rings. The standard InChI is InChI=1S/C12H20N2S/c13-7-8-14(11-4-1-2-5-11)10-12-6-3-9-15-12/h3,6,9,11H,1-2,4-5,7-8,10,13H2. The average molecular weight is 224 g/mol. The van der Waals surface area contributed by atoms with Gasteiger partial charge in [-0.15, -0.1) is 11.3 Å². The average Bonchev–Trinajstić information content (AvgIpc) is 2.89. The van der Waals surface area contributed by atoms with E-state index in [9.17, 15) is 0 Å². The molecule has 2 nitrogen and oxygen atoms in total. The van der Waals surface area contributed by atoms with Gasteiger partial charge < -0.3 is 5.73 Å². The monoisotopic (exact) mass is 224 g/mol. The van der Waals surface area contributed by atoms with E-state index in [1.807, 2.05) is 11.3 Å². The van der Waals surface area contributed by atoms with Crippen molar-refractivity contribution in [3.63, 3.8) is 0 Å². The third kappa shape index (κ3) is 3.03. The first-order chi connectivity index (χ1) is 7.40. The fraction of sp³-hybridized carbons (Fsp3) is 0.667. The van der Waals surface area contributed by atoms with Gasteiger partial charge in [-0.1, -0.05) is 18.9 Å². The number of nitrogens with two attached hydrogens (primary N) is 1. The molecule has 0 atom stereocenters. The molecule has 1 aromatic heterocycles. The Morgan fingerprint density at radius 1 is 1.40 bits per heavy atom. The molecule has 0 unspecified atom stereocenters. The molecular formula is C12H20N2S. The van der Waals surface area contributed by atoms with Crippen LogP contribution < -0.4 is 5.73 Å². The Hall–Kier alpha value is -0.380. The first kappa shape index (κ1) is 11.1. The molecule has 1 aliphatic carbocycles. The number of hydrogen-bond donors (Lipinski definition) is 1. The predicted octanol–water partition coefficient (Wildman–Crippen LogP) is 2.45. The second kappa shape index (κ2) is 5.64. The fourth-order valence-corrected chi connectivity index (χ4v) is 3.16. The highest BCUT2D eigenvalue weighted by Crippen LogP contribution is 2.25. The van der Waals surface area contributed by atoms with Crippen molar-refractivity contribution in [2.75, 3.05) is 13.1 Å². The summed E-state index contributed by atoms with van der Waals surface area (Å²) < 4.78 is 0. The molecule has 0 bridgehead atoms. The third-order valence-electron chi connectivity index (χ3n) is 3.20. The van der Waals surface area contributed by atoms with Gasteiger partial charge in [0.15, 0.2) is 0 Å². The van der Waals surface area contributed by atoms with E-state index in [4.69, 9.17) is 5.73 Å². The van der Waals surface area contributed by atoms with Gasteiger partial charge in [-0.2, -0.15) is 0 Å². The normalized spacial score (nSPS) is 17.7. The van der Waals surface area contributed by atoms with Gasteiger partial charge in [0.25, 0.3) is 0 Å². The van der Waals surface area contributed by atoms with Gasteiger partial charge in [0, 0.05) is 30.6 Å². The zero-order valence-corrected chi connectivity index (χ0v) is 10.0. The lowest BCUT2D eigenvalue weighted by molar-refractivity contribution is 0.197. The maximum absolute atomic E-state index is 5.69. The molecule has 0 radical (unpaired) electrons. The molecule has 15 heavy (non-hydrogen) atoms. The van der Waals surface area contributed by atoms with E-state index in [0.717, 1.165) is 25.7 Å². The van der Waals surface area contributed by atoms with Crippen LogP contribution in [0.2, 0.25) is 0 Å². The summed E-state index contributed by atoms with van der Waals surface area (Å²) in [5.41, 5.74) is 5.69. The first-order valence-corrected chi connectivity index (χ1v) is 6.74. The Kier molecular flexibility index (Phi) is 4.18. The van der Waals surface area contributed by atoms with Crippen molar-refractivity contribution >= 4 is 11.3 Å². The van der Waals surface area contributed by atoms with Gasteiger partial charge in [0.1, 0.15) is 0 Å². The van der Waals surface area contributed by atoms with Gasteiger partial charge >= 0.3 is 0 Å². The Balaban J connectivity index is 1.93. The summed E-state index contributed by atoms with van der Waals surface area (Å²) in [6.07, 6.45) is 5.53. The van der Waals surface area contributed by atoms with E-state index in [1.54, 1.807) is 0 Å². The molecule has 2 N–H and O–H groups in total. The minimum absolute atomic E-state index is 0.780. The second-order valence-electron chi connectivity index (χ2n) is 4.28. The van der Waals surface area contributed by atoms with Crippen molar-refractivity contribution in [1.82, 2.24) is 4.90 Å². The highest BCUT2D eigenvalue weighted by Gasteiger charge is 2.21. The van der Waals surface area contributed by atoms with Crippen LogP contribution in [-0.4, -0.2) is 24.0 Å². The number of nitrogens with zero attached hydrogens (tertiary/aromatic N) is 1. The summed E-state index contributed by atoms with van der Waals surface area (Å²) in [6.45, 7) is 2.92. The lowest BCUT2D eigenvalue weighted by Gasteiger charge is -2.27. The quantitative estimate of drug-likeness (QED) is 0.832. The van der Waals surface area contributed by atoms with Crippen LogP contribution in [0.3, 0.4) is 0 Å². The minimum Gasteiger partial charge on any atom is -0.329 e. The van der Waals surface area contributed by atoms with E-state index in [2.05, 4.69) is 22.4 Å². The van der Waals surface area contributed by atoms with E-state index >= 15 is 0 Å². The molecule has 0 aromatic carbocycles. The predicted molar refractivity (Wildman–Crippen MR) is 66.0 cm³/mol. The van der Waals surface area contributed by atoms with E-state index in [-0.39, 0.29) is 0 Å². The Morgan fingerprint density at radius 3 is 2.80 bits per heavy atom. The molecule has 1 aliphatic rings. The Labute approximate surface area is 96.1 Å². The molecule has 0 spiro atoms. The smallest absolute Gasteiger partial charge is 0.0331 e. The van der Waals surface area contributed by atoms with Crippen LogP contribution in [0.5, 0.6) is 0 Å². The van der Waals surface area contributed by atoms with Crippen LogP contribution in [0.1, 0.15) is 30.6 Å². The molecule has 1 aromatic rings. The lowest BCUT2D eigenvalue weighted by atomic mass is 10.2. The third-order valence-corrected chi connectivity index (χ3v) is 4.06. The van der Waals surface area contributed by atoms with Crippen molar-refractivity contribution in [1.29, 1.82) is 0 Å². The highest BCUT2D eigenvalue weighted by atomic mass is 32.1. The number of rotatable bonds is 5. The lowest BCUT2D eigenvalue weighted by Crippen LogP contribution is -2.36. The topological polar surface area (TPSA) is 29.3 Å². The molecule has 84 valence electrons. The van der Waals surface area contributed by atoms with Crippen LogP contribution in [0.15, 0.2) is 17.5 Å². The second-order valence-corrected chi connectivity index (χ2v) is 5.31. The Morgan fingerprint density at radius 2 is 2.20 bits per heavy atom. The number of thiophene rings is 1. The summed E-state index contributed by atoms with van der Waals surface area (Å²) in [5, 5.41) is 2.16. The van der Waals surface area contributed by atoms with Crippen LogP contribution in [0, 0.1) is 0 Å². The SMILES string of the molecule is NCCN(Cc1cccs1)C1CCCC1. The fourth-order valence-electron chi connectivity index (χ4n) is 2.43. The maximum atomic E-state index is 5.69. The van der Waals surface area contributed by atoms with Gasteiger partial charge in [0.2, 0.25) is 0 Å². The molecule has 0 saturated heterocycles. The molecule has 1 saturated carbocycles. The van der Waals surface area contributed by atoms with Crippen molar-refractivity contribution in [3.05, 3.63) is 22.4 Å². The van der Waals surface area contributed by atoms with Gasteiger partial charge in [-0.25, -0.2) is 0 Å². The summed E-state index contributed by atoms with van der Waals surface area (Å²) in [6, 6.07) is 5.15. The van der Waals surface area contributed by atoms with Crippen molar-refractivity contribution in [2.24, 2.45) is 5.73 Å². The molecule has 1 heterocycles. The summed E-state index contributed by atoms with van der Waals surface area (Å²) >= 11 is 1.85. The van der Waals surface area contributed by atoms with Crippen LogP contribution in [-0.2, 0) is 6.54 Å². The summed E-state index contributed by atoms with van der Waals surface area (Å²) in [7, 11) is 0. The highest BCUT2D eigenvalue weighted by molar-refractivity contribution is 7.09. The number of hydrogen-bond acceptors (Lipinski definition) is 3. The van der Waals surface area contributed by atoms with Gasteiger partial charge in [0.05, 0.1) is 0 Å². The maximum Gasteiger partial charge on any atom is 0.0331 e. The van der Waals surface area contributed by atoms with Gasteiger partial charge in [-0.3, -0.25) is 4.90 Å². The minimum atomic E-state index is 0.780. The molecule has 0 amide bonds. The zero-order valence-electron chi connectivity index (χ0n) is 9.19. The summed E-state index contributed by atoms with van der Waals surface area (Å²) in [5.74, 6) is 0. The summed E-state index contributed by atoms with van der Waals surface area (Å²) in [4.78, 5) is 4.04. The van der Waals surface area contributed by atoms with Crippen molar-refractivity contribution in [3.8, 4) is 0 Å². The largest absolute Gasteiger partial charge is 0.329 e. The van der Waals surface area contributed by atoms with E-state index in [1.165, 1.54) is 30.6 Å². The molecule has 0 aliphatic heterocycles. The molecule has 2 rings (SSSR count). The van der Waals surface area contributed by atoms with Crippen LogP contribution in [0.4, 0.5) is 0 Å². The zero-order chi connectivity index (χ0) is 10.5. The van der Waals surface area contributed by atoms with Crippen LogP contribution in [0.25, 0.3) is 0 Å². The first-order valence-electron chi connectivity index (χ1n) is 5.86. The van der Waals surface area contributed by atoms with Gasteiger partial charge in [-0.05, 0) is 24.3 Å². The molecular weight excluding hydrogens is 204 g/mol. The Bertz CT molecular complexity index is 265. The van der Waals surface area contributed by atoms with E-state index in [0.29, 0.717) is 0 Å². The van der Waals surface area contributed by atoms with Crippen molar-refractivity contribution < 1.29 is 0 Å².